The molecule has 1 aliphatic rings. The fraction of sp³-hybridized carbons (Fsp3) is 0.571. The van der Waals surface area contributed by atoms with Crippen molar-refractivity contribution in [3.63, 3.8) is 0 Å². The molecule has 1 aromatic rings. The highest BCUT2D eigenvalue weighted by Crippen LogP contribution is 2.14. The van der Waals surface area contributed by atoms with Crippen molar-refractivity contribution in [2.24, 2.45) is 0 Å². The lowest BCUT2D eigenvalue weighted by molar-refractivity contribution is 0.110. The molecule has 2 N–H and O–H groups in total. The molecular weight excluding hydrogens is 228 g/mol. The van der Waals surface area contributed by atoms with Crippen molar-refractivity contribution in [2.75, 3.05) is 39.9 Å². The molecule has 1 aliphatic heterocycles. The van der Waals surface area contributed by atoms with E-state index in [1.807, 2.05) is 12.1 Å². The van der Waals surface area contributed by atoms with Gasteiger partial charge in [-0.3, -0.25) is 4.90 Å². The summed E-state index contributed by atoms with van der Waals surface area (Å²) >= 11 is 0. The van der Waals surface area contributed by atoms with Crippen LogP contribution in [0.3, 0.4) is 0 Å². The SMILES string of the molecule is COc1ccc(CC(CO)N2CCNCC2)cc1. The maximum absolute atomic E-state index is 9.55. The van der Waals surface area contributed by atoms with Gasteiger partial charge in [-0.1, -0.05) is 12.1 Å². The molecule has 4 nitrogen and oxygen atoms in total. The predicted octanol–water partition coefficient (Wildman–Crippen LogP) is 0.504. The Kier molecular flexibility index (Phi) is 4.99. The average molecular weight is 250 g/mol. The molecule has 100 valence electrons. The van der Waals surface area contributed by atoms with Gasteiger partial charge >= 0.3 is 0 Å². The number of ether oxygens (including phenoxy) is 1. The lowest BCUT2D eigenvalue weighted by Crippen LogP contribution is -2.50. The molecule has 2 rings (SSSR count). The van der Waals surface area contributed by atoms with Crippen molar-refractivity contribution < 1.29 is 9.84 Å². The zero-order valence-electron chi connectivity index (χ0n) is 10.9. The molecule has 0 aliphatic carbocycles. The minimum atomic E-state index is 0.214. The van der Waals surface area contributed by atoms with Crippen LogP contribution in [-0.2, 0) is 6.42 Å². The molecule has 0 bridgehead atoms. The predicted molar refractivity (Wildman–Crippen MR) is 72.0 cm³/mol. The zero-order chi connectivity index (χ0) is 12.8. The topological polar surface area (TPSA) is 44.7 Å². The number of rotatable bonds is 5. The standard InChI is InChI=1S/C14H22N2O2/c1-18-14-4-2-12(3-5-14)10-13(11-17)16-8-6-15-7-9-16/h2-5,13,15,17H,6-11H2,1H3. The van der Waals surface area contributed by atoms with E-state index in [1.54, 1.807) is 7.11 Å². The van der Waals surface area contributed by atoms with Gasteiger partial charge in [0, 0.05) is 32.2 Å². The normalized spacial score (nSPS) is 18.6. The monoisotopic (exact) mass is 250 g/mol. The van der Waals surface area contributed by atoms with E-state index in [2.05, 4.69) is 22.3 Å². The summed E-state index contributed by atoms with van der Waals surface area (Å²) < 4.78 is 5.15. The highest BCUT2D eigenvalue weighted by atomic mass is 16.5. The minimum Gasteiger partial charge on any atom is -0.497 e. The smallest absolute Gasteiger partial charge is 0.118 e. The van der Waals surface area contributed by atoms with Gasteiger partial charge in [-0.25, -0.2) is 0 Å². The number of benzene rings is 1. The van der Waals surface area contributed by atoms with Gasteiger partial charge in [0.15, 0.2) is 0 Å². The first-order valence-electron chi connectivity index (χ1n) is 6.52. The Balaban J connectivity index is 1.95. The van der Waals surface area contributed by atoms with Crippen LogP contribution in [0.4, 0.5) is 0 Å². The molecule has 1 aromatic carbocycles. The highest BCUT2D eigenvalue weighted by Gasteiger charge is 2.19. The summed E-state index contributed by atoms with van der Waals surface area (Å²) in [6.07, 6.45) is 0.889. The summed E-state index contributed by atoms with van der Waals surface area (Å²) in [5.74, 6) is 0.876. The van der Waals surface area contributed by atoms with E-state index in [0.29, 0.717) is 0 Å². The van der Waals surface area contributed by atoms with Crippen LogP contribution in [0.5, 0.6) is 5.75 Å². The second-order valence-electron chi connectivity index (χ2n) is 4.67. The first kappa shape index (κ1) is 13.3. The maximum Gasteiger partial charge on any atom is 0.118 e. The van der Waals surface area contributed by atoms with Gasteiger partial charge in [0.25, 0.3) is 0 Å². The van der Waals surface area contributed by atoms with Gasteiger partial charge in [0.05, 0.1) is 13.7 Å². The van der Waals surface area contributed by atoms with Gasteiger partial charge in [-0.2, -0.15) is 0 Å². The van der Waals surface area contributed by atoms with Crippen LogP contribution < -0.4 is 10.1 Å². The fourth-order valence-corrected chi connectivity index (χ4v) is 2.39. The van der Waals surface area contributed by atoms with Crippen LogP contribution in [0, 0.1) is 0 Å². The third-order valence-corrected chi connectivity index (χ3v) is 3.51. The van der Waals surface area contributed by atoms with Gasteiger partial charge in [-0.05, 0) is 24.1 Å². The van der Waals surface area contributed by atoms with Crippen LogP contribution >= 0.6 is 0 Å². The second kappa shape index (κ2) is 6.73. The van der Waals surface area contributed by atoms with Crippen molar-refractivity contribution in [1.29, 1.82) is 0 Å². The van der Waals surface area contributed by atoms with Crippen LogP contribution in [0.1, 0.15) is 5.56 Å². The number of nitrogens with one attached hydrogen (secondary N) is 1. The summed E-state index contributed by atoms with van der Waals surface area (Å²) in [6, 6.07) is 8.32. The van der Waals surface area contributed by atoms with Crippen LogP contribution in [-0.4, -0.2) is 55.9 Å². The van der Waals surface area contributed by atoms with Gasteiger partial charge in [0.1, 0.15) is 5.75 Å². The van der Waals surface area contributed by atoms with E-state index >= 15 is 0 Å². The second-order valence-corrected chi connectivity index (χ2v) is 4.67. The Labute approximate surface area is 109 Å². The van der Waals surface area contributed by atoms with E-state index in [1.165, 1.54) is 5.56 Å². The number of hydrogen-bond acceptors (Lipinski definition) is 4. The van der Waals surface area contributed by atoms with Gasteiger partial charge < -0.3 is 15.2 Å². The molecule has 0 radical (unpaired) electrons. The Morgan fingerprint density at radius 1 is 1.28 bits per heavy atom. The molecule has 1 heterocycles. The van der Waals surface area contributed by atoms with Gasteiger partial charge in [-0.15, -0.1) is 0 Å². The van der Waals surface area contributed by atoms with E-state index < -0.39 is 0 Å². The van der Waals surface area contributed by atoms with Crippen molar-refractivity contribution in [1.82, 2.24) is 10.2 Å². The van der Waals surface area contributed by atoms with Crippen LogP contribution in [0.15, 0.2) is 24.3 Å². The number of aliphatic hydroxyl groups is 1. The molecule has 0 saturated carbocycles. The number of methoxy groups -OCH3 is 1. The lowest BCUT2D eigenvalue weighted by atomic mass is 10.0. The Morgan fingerprint density at radius 3 is 2.50 bits per heavy atom. The quantitative estimate of drug-likeness (QED) is 0.799. The summed E-state index contributed by atoms with van der Waals surface area (Å²) in [6.45, 7) is 4.27. The van der Waals surface area contributed by atoms with Crippen molar-refractivity contribution in [2.45, 2.75) is 12.5 Å². The molecular formula is C14H22N2O2. The molecule has 0 aromatic heterocycles. The molecule has 4 heteroatoms. The maximum atomic E-state index is 9.55. The van der Waals surface area contributed by atoms with E-state index in [-0.39, 0.29) is 12.6 Å². The number of aliphatic hydroxyl groups excluding tert-OH is 1. The minimum absolute atomic E-state index is 0.214. The molecule has 18 heavy (non-hydrogen) atoms. The number of piperazine rings is 1. The molecule has 1 atom stereocenters. The Bertz CT molecular complexity index is 347. The van der Waals surface area contributed by atoms with E-state index in [4.69, 9.17) is 4.74 Å². The molecule has 1 fully saturated rings. The van der Waals surface area contributed by atoms with Crippen LogP contribution in [0.2, 0.25) is 0 Å². The summed E-state index contributed by atoms with van der Waals surface area (Å²) in [5, 5.41) is 12.9. The van der Waals surface area contributed by atoms with Crippen molar-refractivity contribution >= 4 is 0 Å². The van der Waals surface area contributed by atoms with Crippen molar-refractivity contribution in [3.8, 4) is 5.75 Å². The van der Waals surface area contributed by atoms with E-state index in [9.17, 15) is 5.11 Å². The highest BCUT2D eigenvalue weighted by molar-refractivity contribution is 5.27. The first-order chi connectivity index (χ1) is 8.83. The lowest BCUT2D eigenvalue weighted by Gasteiger charge is -2.34. The molecule has 1 unspecified atom stereocenters. The Hall–Kier alpha value is -1.10. The summed E-state index contributed by atoms with van der Waals surface area (Å²) in [7, 11) is 1.67. The fourth-order valence-electron chi connectivity index (χ4n) is 2.39. The van der Waals surface area contributed by atoms with Crippen molar-refractivity contribution in [3.05, 3.63) is 29.8 Å². The molecule has 0 spiro atoms. The molecule has 0 amide bonds. The van der Waals surface area contributed by atoms with Gasteiger partial charge in [0.2, 0.25) is 0 Å². The first-order valence-corrected chi connectivity index (χ1v) is 6.52. The summed E-state index contributed by atoms with van der Waals surface area (Å²) in [5.41, 5.74) is 1.24. The molecule has 1 saturated heterocycles. The third kappa shape index (κ3) is 3.45. The third-order valence-electron chi connectivity index (χ3n) is 3.51. The van der Waals surface area contributed by atoms with E-state index in [0.717, 1.165) is 38.3 Å². The summed E-state index contributed by atoms with van der Waals surface area (Å²) in [4.78, 5) is 2.36. The average Bonchev–Trinajstić information content (AvgIpc) is 2.46. The number of hydrogen-bond donors (Lipinski definition) is 2. The largest absolute Gasteiger partial charge is 0.497 e. The Morgan fingerprint density at radius 2 is 1.94 bits per heavy atom. The number of nitrogens with zero attached hydrogens (tertiary/aromatic N) is 1. The van der Waals surface area contributed by atoms with Crippen LogP contribution in [0.25, 0.3) is 0 Å². The zero-order valence-corrected chi connectivity index (χ0v) is 10.9.